The molecule has 5 nitrogen and oxygen atoms in total. The van der Waals surface area contributed by atoms with Gasteiger partial charge in [-0.2, -0.15) is 0 Å². The lowest BCUT2D eigenvalue weighted by Gasteiger charge is -2.28. The molecule has 0 aliphatic heterocycles. The normalized spacial score (nSPS) is 14.5. The number of aromatic nitrogens is 3. The number of hydrogen-bond donors (Lipinski definition) is 1. The summed E-state index contributed by atoms with van der Waals surface area (Å²) in [5, 5.41) is 2.89. The molecule has 6 heteroatoms. The number of imidazole rings is 1. The number of anilines is 1. The zero-order valence-electron chi connectivity index (χ0n) is 13.1. The first kappa shape index (κ1) is 14.8. The van der Waals surface area contributed by atoms with E-state index in [-0.39, 0.29) is 18.1 Å². The predicted octanol–water partition coefficient (Wildman–Crippen LogP) is 3.48. The van der Waals surface area contributed by atoms with E-state index in [1.54, 1.807) is 18.3 Å². The Labute approximate surface area is 138 Å². The summed E-state index contributed by atoms with van der Waals surface area (Å²) in [5.41, 5.74) is 2.35. The highest BCUT2D eigenvalue weighted by Crippen LogP contribution is 2.36. The highest BCUT2D eigenvalue weighted by atomic mass is 19.1. The van der Waals surface area contributed by atoms with Crippen LogP contribution in [0.3, 0.4) is 0 Å². The van der Waals surface area contributed by atoms with Gasteiger partial charge >= 0.3 is 0 Å². The standard InChI is InChI=1S/C18H17FN4O/c19-13-8-6-12(7-9-13)11-16(24)22-18-21-15-5-2-10-20-17(15)23(18)14-3-1-4-14/h2,5-10,14H,1,3-4,11H2,(H,21,22,24). The van der Waals surface area contributed by atoms with Crippen LogP contribution in [0, 0.1) is 5.82 Å². The Bertz CT molecular complexity index is 884. The quantitative estimate of drug-likeness (QED) is 0.799. The number of carbonyl (C=O) groups is 1. The number of rotatable bonds is 4. The maximum Gasteiger partial charge on any atom is 0.231 e. The maximum atomic E-state index is 13.0. The van der Waals surface area contributed by atoms with Crippen LogP contribution in [0.4, 0.5) is 10.3 Å². The van der Waals surface area contributed by atoms with Gasteiger partial charge in [0.2, 0.25) is 11.9 Å². The van der Waals surface area contributed by atoms with E-state index in [1.807, 2.05) is 16.7 Å². The number of halogens is 1. The van der Waals surface area contributed by atoms with Gasteiger partial charge in [0.1, 0.15) is 11.3 Å². The first-order valence-electron chi connectivity index (χ1n) is 8.08. The van der Waals surface area contributed by atoms with E-state index in [4.69, 9.17) is 0 Å². The third-order valence-corrected chi connectivity index (χ3v) is 4.42. The van der Waals surface area contributed by atoms with Gasteiger partial charge in [-0.1, -0.05) is 12.1 Å². The topological polar surface area (TPSA) is 59.8 Å². The average Bonchev–Trinajstić information content (AvgIpc) is 2.86. The molecule has 1 aliphatic rings. The molecular weight excluding hydrogens is 307 g/mol. The first-order chi connectivity index (χ1) is 11.7. The maximum absolute atomic E-state index is 13.0. The van der Waals surface area contributed by atoms with Gasteiger partial charge in [0, 0.05) is 12.2 Å². The smallest absolute Gasteiger partial charge is 0.231 e. The summed E-state index contributed by atoms with van der Waals surface area (Å²) in [6.45, 7) is 0. The third kappa shape index (κ3) is 2.75. The number of benzene rings is 1. The molecule has 1 aromatic carbocycles. The molecule has 0 saturated heterocycles. The highest BCUT2D eigenvalue weighted by Gasteiger charge is 2.26. The molecule has 2 heterocycles. The minimum absolute atomic E-state index is 0.169. The summed E-state index contributed by atoms with van der Waals surface area (Å²) in [6.07, 6.45) is 5.25. The van der Waals surface area contributed by atoms with Crippen LogP contribution in [-0.4, -0.2) is 20.4 Å². The van der Waals surface area contributed by atoms with Crippen LogP contribution in [0.15, 0.2) is 42.6 Å². The Hall–Kier alpha value is -2.76. The number of nitrogens with one attached hydrogen (secondary N) is 1. The second kappa shape index (κ2) is 6.03. The van der Waals surface area contributed by atoms with E-state index in [2.05, 4.69) is 15.3 Å². The molecule has 0 spiro atoms. The van der Waals surface area contributed by atoms with Crippen molar-refractivity contribution < 1.29 is 9.18 Å². The predicted molar refractivity (Wildman–Crippen MR) is 89.1 cm³/mol. The van der Waals surface area contributed by atoms with Crippen LogP contribution in [-0.2, 0) is 11.2 Å². The average molecular weight is 324 g/mol. The highest BCUT2D eigenvalue weighted by molar-refractivity contribution is 5.92. The van der Waals surface area contributed by atoms with Crippen LogP contribution in [0.5, 0.6) is 0 Å². The Morgan fingerprint density at radius 3 is 2.75 bits per heavy atom. The van der Waals surface area contributed by atoms with Gasteiger partial charge in [-0.05, 0) is 49.1 Å². The van der Waals surface area contributed by atoms with E-state index < -0.39 is 0 Å². The number of carbonyl (C=O) groups excluding carboxylic acids is 1. The summed E-state index contributed by atoms with van der Waals surface area (Å²) >= 11 is 0. The van der Waals surface area contributed by atoms with Crippen LogP contribution in [0.1, 0.15) is 30.9 Å². The molecule has 1 N–H and O–H groups in total. The molecule has 1 aliphatic carbocycles. The molecule has 3 aromatic rings. The largest absolute Gasteiger partial charge is 0.296 e. The number of amides is 1. The molecule has 0 atom stereocenters. The van der Waals surface area contributed by atoms with Gasteiger partial charge in [-0.15, -0.1) is 0 Å². The fourth-order valence-electron chi connectivity index (χ4n) is 2.97. The van der Waals surface area contributed by atoms with Crippen LogP contribution in [0.25, 0.3) is 11.2 Å². The van der Waals surface area contributed by atoms with E-state index in [1.165, 1.54) is 18.6 Å². The monoisotopic (exact) mass is 324 g/mol. The van der Waals surface area contributed by atoms with Crippen LogP contribution >= 0.6 is 0 Å². The van der Waals surface area contributed by atoms with Crippen molar-refractivity contribution in [3.05, 3.63) is 54.0 Å². The molecule has 2 aromatic heterocycles. The fourth-order valence-corrected chi connectivity index (χ4v) is 2.97. The first-order valence-corrected chi connectivity index (χ1v) is 8.08. The van der Waals surface area contributed by atoms with Crippen LogP contribution < -0.4 is 5.32 Å². The van der Waals surface area contributed by atoms with Crippen molar-refractivity contribution in [2.45, 2.75) is 31.7 Å². The van der Waals surface area contributed by atoms with Crippen molar-refractivity contribution in [1.82, 2.24) is 14.5 Å². The zero-order chi connectivity index (χ0) is 16.5. The molecule has 0 bridgehead atoms. The van der Waals surface area contributed by atoms with Gasteiger partial charge in [0.15, 0.2) is 5.65 Å². The van der Waals surface area contributed by atoms with E-state index in [0.29, 0.717) is 12.0 Å². The van der Waals surface area contributed by atoms with Gasteiger partial charge in [-0.3, -0.25) is 14.7 Å². The van der Waals surface area contributed by atoms with Gasteiger partial charge in [0.05, 0.1) is 6.42 Å². The van der Waals surface area contributed by atoms with Crippen molar-refractivity contribution in [3.8, 4) is 0 Å². The van der Waals surface area contributed by atoms with Crippen molar-refractivity contribution in [2.75, 3.05) is 5.32 Å². The third-order valence-electron chi connectivity index (χ3n) is 4.42. The lowest BCUT2D eigenvalue weighted by atomic mass is 9.93. The van der Waals surface area contributed by atoms with E-state index >= 15 is 0 Å². The summed E-state index contributed by atoms with van der Waals surface area (Å²) in [7, 11) is 0. The van der Waals surface area contributed by atoms with Crippen molar-refractivity contribution in [2.24, 2.45) is 0 Å². The van der Waals surface area contributed by atoms with Gasteiger partial charge in [0.25, 0.3) is 0 Å². The molecular formula is C18H17FN4O. The second-order valence-corrected chi connectivity index (χ2v) is 6.09. The van der Waals surface area contributed by atoms with Gasteiger partial charge in [-0.25, -0.2) is 14.4 Å². The summed E-state index contributed by atoms with van der Waals surface area (Å²) < 4.78 is 15.0. The Morgan fingerprint density at radius 1 is 1.25 bits per heavy atom. The number of nitrogens with zero attached hydrogens (tertiary/aromatic N) is 3. The van der Waals surface area contributed by atoms with Crippen LogP contribution in [0.2, 0.25) is 0 Å². The Balaban J connectivity index is 1.59. The Kier molecular flexibility index (Phi) is 3.72. The number of pyridine rings is 1. The van der Waals surface area contributed by atoms with Gasteiger partial charge < -0.3 is 0 Å². The molecule has 24 heavy (non-hydrogen) atoms. The molecule has 0 unspecified atom stereocenters. The minimum Gasteiger partial charge on any atom is -0.296 e. The SMILES string of the molecule is O=C(Cc1ccc(F)cc1)Nc1nc2cccnc2n1C1CCC1. The minimum atomic E-state index is -0.308. The zero-order valence-corrected chi connectivity index (χ0v) is 13.1. The lowest BCUT2D eigenvalue weighted by molar-refractivity contribution is -0.115. The van der Waals surface area contributed by atoms with Crippen molar-refractivity contribution in [3.63, 3.8) is 0 Å². The molecule has 1 amide bonds. The number of hydrogen-bond acceptors (Lipinski definition) is 3. The molecule has 4 rings (SSSR count). The van der Waals surface area contributed by atoms with Crippen molar-refractivity contribution in [1.29, 1.82) is 0 Å². The number of fused-ring (bicyclic) bond motifs is 1. The van der Waals surface area contributed by atoms with E-state index in [0.717, 1.165) is 29.6 Å². The second-order valence-electron chi connectivity index (χ2n) is 6.09. The molecule has 1 fully saturated rings. The Morgan fingerprint density at radius 2 is 2.04 bits per heavy atom. The lowest BCUT2D eigenvalue weighted by Crippen LogP contribution is -2.23. The molecule has 1 saturated carbocycles. The molecule has 122 valence electrons. The summed E-state index contributed by atoms with van der Waals surface area (Å²) in [5.74, 6) is 0.0648. The summed E-state index contributed by atoms with van der Waals surface area (Å²) in [4.78, 5) is 21.3. The summed E-state index contributed by atoms with van der Waals surface area (Å²) in [6, 6.07) is 10.0. The fraction of sp³-hybridized carbons (Fsp3) is 0.278. The van der Waals surface area contributed by atoms with Crippen molar-refractivity contribution >= 4 is 23.0 Å². The van der Waals surface area contributed by atoms with E-state index in [9.17, 15) is 9.18 Å². The molecule has 0 radical (unpaired) electrons.